The van der Waals surface area contributed by atoms with Crippen molar-refractivity contribution < 1.29 is 4.79 Å². The summed E-state index contributed by atoms with van der Waals surface area (Å²) >= 11 is 0. The molecule has 2 fully saturated rings. The lowest BCUT2D eigenvalue weighted by Crippen LogP contribution is -2.41. The number of aryl methyl sites for hydroxylation is 1. The number of aromatic amines is 1. The highest BCUT2D eigenvalue weighted by Crippen LogP contribution is 2.31. The van der Waals surface area contributed by atoms with Gasteiger partial charge in [0.05, 0.1) is 5.69 Å². The number of carbonyl (C=O) groups excluding carboxylic acids is 1. The number of carbonyl (C=O) groups is 1. The number of amides is 1. The number of hydrogen-bond donors (Lipinski definition) is 1. The van der Waals surface area contributed by atoms with Crippen LogP contribution in [0.15, 0.2) is 18.6 Å². The Morgan fingerprint density at radius 3 is 2.71 bits per heavy atom. The maximum absolute atomic E-state index is 12.8. The average molecular weight is 383 g/mol. The summed E-state index contributed by atoms with van der Waals surface area (Å²) < 4.78 is 0. The van der Waals surface area contributed by atoms with Crippen molar-refractivity contribution in [3.63, 3.8) is 0 Å². The van der Waals surface area contributed by atoms with Crippen molar-refractivity contribution in [3.8, 4) is 11.5 Å². The predicted molar refractivity (Wildman–Crippen MR) is 108 cm³/mol. The Hall–Kier alpha value is -2.28. The fourth-order valence-electron chi connectivity index (χ4n) is 4.38. The van der Waals surface area contributed by atoms with E-state index in [9.17, 15) is 4.79 Å². The zero-order chi connectivity index (χ0) is 19.3. The van der Waals surface area contributed by atoms with Crippen LogP contribution in [-0.2, 0) is 4.79 Å². The van der Waals surface area contributed by atoms with Crippen LogP contribution >= 0.6 is 0 Å². The van der Waals surface area contributed by atoms with E-state index < -0.39 is 0 Å². The Morgan fingerprint density at radius 2 is 1.93 bits per heavy atom. The Labute approximate surface area is 166 Å². The van der Waals surface area contributed by atoms with Crippen molar-refractivity contribution in [2.24, 2.45) is 0 Å². The second-order valence-electron chi connectivity index (χ2n) is 8.04. The van der Waals surface area contributed by atoms with Crippen LogP contribution in [0, 0.1) is 6.92 Å². The quantitative estimate of drug-likeness (QED) is 0.860. The van der Waals surface area contributed by atoms with Gasteiger partial charge in [-0.2, -0.15) is 0 Å². The van der Waals surface area contributed by atoms with Crippen molar-refractivity contribution in [2.45, 2.75) is 51.4 Å². The highest BCUT2D eigenvalue weighted by atomic mass is 16.2. The Balaban J connectivity index is 1.42. The van der Waals surface area contributed by atoms with Gasteiger partial charge in [-0.15, -0.1) is 0 Å². The van der Waals surface area contributed by atoms with E-state index in [1.54, 1.807) is 12.4 Å². The Bertz CT molecular complexity index is 798. The van der Waals surface area contributed by atoms with Gasteiger partial charge < -0.3 is 14.8 Å². The standard InChI is InChI=1S/C21H30N6O/c1-16-14-24-21(25-16)20-19(22-8-9-23-20)17-6-5-12-27(15-17)18(28)7-13-26-10-3-2-4-11-26/h8-9,14,17H,2-7,10-13,15H2,1H3,(H,24,25)/t17-/m0/s1. The van der Waals surface area contributed by atoms with E-state index in [0.717, 1.165) is 68.5 Å². The van der Waals surface area contributed by atoms with Gasteiger partial charge >= 0.3 is 0 Å². The smallest absolute Gasteiger partial charge is 0.223 e. The highest BCUT2D eigenvalue weighted by molar-refractivity contribution is 5.76. The van der Waals surface area contributed by atoms with Gasteiger partial charge in [0.1, 0.15) is 5.69 Å². The van der Waals surface area contributed by atoms with Crippen LogP contribution in [-0.4, -0.2) is 68.4 Å². The molecule has 2 aliphatic heterocycles. The summed E-state index contributed by atoms with van der Waals surface area (Å²) in [7, 11) is 0. The molecule has 0 aliphatic carbocycles. The Kier molecular flexibility index (Phi) is 6.00. The SMILES string of the molecule is Cc1cnc(-c2nccnc2[C@H]2CCCN(C(=O)CCN3CCCCC3)C2)[nH]1. The van der Waals surface area contributed by atoms with E-state index in [2.05, 4.69) is 24.8 Å². The molecule has 0 radical (unpaired) electrons. The number of rotatable bonds is 5. The topological polar surface area (TPSA) is 78.0 Å². The summed E-state index contributed by atoms with van der Waals surface area (Å²) in [6.07, 6.45) is 11.8. The molecule has 0 bridgehead atoms. The van der Waals surface area contributed by atoms with E-state index in [4.69, 9.17) is 0 Å². The number of piperidine rings is 2. The first-order valence-electron chi connectivity index (χ1n) is 10.5. The van der Waals surface area contributed by atoms with Crippen molar-refractivity contribution in [1.29, 1.82) is 0 Å². The molecule has 2 saturated heterocycles. The lowest BCUT2D eigenvalue weighted by molar-refractivity contribution is -0.132. The first kappa shape index (κ1) is 19.1. The molecule has 2 aromatic rings. The number of H-pyrrole nitrogens is 1. The molecule has 0 spiro atoms. The lowest BCUT2D eigenvalue weighted by atomic mass is 9.92. The van der Waals surface area contributed by atoms with Crippen LogP contribution in [0.4, 0.5) is 0 Å². The van der Waals surface area contributed by atoms with Gasteiger partial charge in [0.2, 0.25) is 5.91 Å². The van der Waals surface area contributed by atoms with Gasteiger partial charge in [-0.3, -0.25) is 9.78 Å². The molecule has 7 heteroatoms. The Morgan fingerprint density at radius 1 is 1.11 bits per heavy atom. The van der Waals surface area contributed by atoms with Gasteiger partial charge in [0.25, 0.3) is 0 Å². The normalized spacial score (nSPS) is 21.0. The minimum atomic E-state index is 0.210. The van der Waals surface area contributed by atoms with Crippen LogP contribution in [0.5, 0.6) is 0 Å². The molecular weight excluding hydrogens is 352 g/mol. The van der Waals surface area contributed by atoms with Gasteiger partial charge in [0, 0.05) is 56.3 Å². The fraction of sp³-hybridized carbons (Fsp3) is 0.619. The number of aromatic nitrogens is 4. The number of nitrogens with one attached hydrogen (secondary N) is 1. The fourth-order valence-corrected chi connectivity index (χ4v) is 4.38. The van der Waals surface area contributed by atoms with E-state index in [0.29, 0.717) is 6.42 Å². The predicted octanol–water partition coefficient (Wildman–Crippen LogP) is 2.76. The molecule has 4 heterocycles. The number of hydrogen-bond acceptors (Lipinski definition) is 5. The third kappa shape index (κ3) is 4.41. The summed E-state index contributed by atoms with van der Waals surface area (Å²) in [5.74, 6) is 1.24. The molecule has 0 aromatic carbocycles. The van der Waals surface area contributed by atoms with E-state index >= 15 is 0 Å². The third-order valence-electron chi connectivity index (χ3n) is 5.91. The van der Waals surface area contributed by atoms with Crippen LogP contribution in [0.25, 0.3) is 11.5 Å². The van der Waals surface area contributed by atoms with Gasteiger partial charge in [-0.1, -0.05) is 6.42 Å². The van der Waals surface area contributed by atoms with Crippen molar-refractivity contribution >= 4 is 5.91 Å². The summed E-state index contributed by atoms with van der Waals surface area (Å²) in [6.45, 7) is 6.73. The lowest BCUT2D eigenvalue weighted by Gasteiger charge is -2.34. The van der Waals surface area contributed by atoms with Gasteiger partial charge in [-0.05, 0) is 45.7 Å². The molecule has 2 aromatic heterocycles. The van der Waals surface area contributed by atoms with Crippen molar-refractivity contribution in [3.05, 3.63) is 30.0 Å². The highest BCUT2D eigenvalue weighted by Gasteiger charge is 2.28. The van der Waals surface area contributed by atoms with E-state index in [1.807, 2.05) is 18.0 Å². The molecule has 28 heavy (non-hydrogen) atoms. The van der Waals surface area contributed by atoms with Crippen LogP contribution in [0.2, 0.25) is 0 Å². The largest absolute Gasteiger partial charge is 0.342 e. The van der Waals surface area contributed by atoms with Crippen molar-refractivity contribution in [2.75, 3.05) is 32.7 Å². The van der Waals surface area contributed by atoms with E-state index in [-0.39, 0.29) is 11.8 Å². The summed E-state index contributed by atoms with van der Waals surface area (Å²) in [5, 5.41) is 0. The maximum atomic E-state index is 12.8. The molecule has 1 amide bonds. The molecule has 4 rings (SSSR count). The van der Waals surface area contributed by atoms with Crippen molar-refractivity contribution in [1.82, 2.24) is 29.7 Å². The van der Waals surface area contributed by atoms with Crippen LogP contribution in [0.3, 0.4) is 0 Å². The monoisotopic (exact) mass is 382 g/mol. The number of nitrogens with zero attached hydrogens (tertiary/aromatic N) is 5. The number of imidazole rings is 1. The first-order chi connectivity index (χ1) is 13.7. The van der Waals surface area contributed by atoms with Gasteiger partial charge in [-0.25, -0.2) is 9.97 Å². The maximum Gasteiger partial charge on any atom is 0.223 e. The number of likely N-dealkylation sites (tertiary alicyclic amines) is 2. The molecule has 0 unspecified atom stereocenters. The zero-order valence-corrected chi connectivity index (χ0v) is 16.7. The second kappa shape index (κ2) is 8.82. The minimum Gasteiger partial charge on any atom is -0.342 e. The molecule has 1 N–H and O–H groups in total. The first-order valence-corrected chi connectivity index (χ1v) is 10.5. The molecular formula is C21H30N6O. The van der Waals surface area contributed by atoms with E-state index in [1.165, 1.54) is 19.3 Å². The summed E-state index contributed by atoms with van der Waals surface area (Å²) in [4.78, 5) is 34.2. The van der Waals surface area contributed by atoms with Crippen LogP contribution in [0.1, 0.15) is 55.8 Å². The minimum absolute atomic E-state index is 0.210. The molecule has 2 aliphatic rings. The van der Waals surface area contributed by atoms with Gasteiger partial charge in [0.15, 0.2) is 5.82 Å². The van der Waals surface area contributed by atoms with Crippen LogP contribution < -0.4 is 0 Å². The third-order valence-corrected chi connectivity index (χ3v) is 5.91. The summed E-state index contributed by atoms with van der Waals surface area (Å²) in [5.41, 5.74) is 2.76. The summed E-state index contributed by atoms with van der Waals surface area (Å²) in [6, 6.07) is 0. The zero-order valence-electron chi connectivity index (χ0n) is 16.7. The molecule has 7 nitrogen and oxygen atoms in total. The molecule has 1 atom stereocenters. The average Bonchev–Trinajstić information content (AvgIpc) is 3.19. The molecule has 0 saturated carbocycles. The molecule has 150 valence electrons. The second-order valence-corrected chi connectivity index (χ2v) is 8.04.